The van der Waals surface area contributed by atoms with E-state index in [-0.39, 0.29) is 23.4 Å². The van der Waals surface area contributed by atoms with Gasteiger partial charge in [0.2, 0.25) is 15.9 Å². The molecule has 0 aliphatic heterocycles. The van der Waals surface area contributed by atoms with E-state index in [0.29, 0.717) is 11.3 Å². The molecule has 0 radical (unpaired) electrons. The van der Waals surface area contributed by atoms with Crippen molar-refractivity contribution in [2.24, 2.45) is 0 Å². The van der Waals surface area contributed by atoms with Crippen LogP contribution < -0.4 is 10.0 Å². The van der Waals surface area contributed by atoms with Crippen molar-refractivity contribution < 1.29 is 17.6 Å². The minimum atomic E-state index is -3.55. The molecule has 2 aromatic rings. The molecule has 0 aliphatic carbocycles. The summed E-state index contributed by atoms with van der Waals surface area (Å²) in [6.45, 7) is 3.74. The van der Waals surface area contributed by atoms with E-state index in [1.54, 1.807) is 50.3 Å². The predicted octanol–water partition coefficient (Wildman–Crippen LogP) is 2.30. The van der Waals surface area contributed by atoms with E-state index in [2.05, 4.69) is 10.0 Å². The Kier molecular flexibility index (Phi) is 5.94. The second-order valence-corrected chi connectivity index (χ2v) is 7.20. The molecule has 0 atom stereocenters. The molecule has 1 amide bonds. The number of amides is 1. The van der Waals surface area contributed by atoms with Gasteiger partial charge in [0.15, 0.2) is 0 Å². The Morgan fingerprint density at radius 2 is 2.04 bits per heavy atom. The van der Waals surface area contributed by atoms with Gasteiger partial charge < -0.3 is 9.73 Å². The van der Waals surface area contributed by atoms with Crippen LogP contribution in [0.15, 0.2) is 58.1 Å². The Morgan fingerprint density at radius 3 is 2.71 bits per heavy atom. The molecule has 0 spiro atoms. The highest BCUT2D eigenvalue weighted by Crippen LogP contribution is 2.12. The average Bonchev–Trinajstić information content (AvgIpc) is 3.03. The molecule has 128 valence electrons. The van der Waals surface area contributed by atoms with E-state index in [0.717, 1.165) is 0 Å². The van der Waals surface area contributed by atoms with Gasteiger partial charge in [-0.3, -0.25) is 4.79 Å². The number of carbonyl (C=O) groups excluding carboxylic acids is 1. The van der Waals surface area contributed by atoms with Crippen molar-refractivity contribution in [1.29, 1.82) is 0 Å². The highest BCUT2D eigenvalue weighted by atomic mass is 32.2. The van der Waals surface area contributed by atoms with Gasteiger partial charge in [-0.1, -0.05) is 12.1 Å². The standard InChI is InChI=1S/C17H20N2O4S/c1-13(2)19-24(21,22)16-7-3-5-14(11-16)12-18-17(20)9-8-15-6-4-10-23-15/h3-11,13,19H,12H2,1-2H3,(H,18,20). The van der Waals surface area contributed by atoms with E-state index in [1.807, 2.05) is 0 Å². The number of hydrogen-bond donors (Lipinski definition) is 2. The van der Waals surface area contributed by atoms with Crippen LogP contribution in [0.2, 0.25) is 0 Å². The number of carbonyl (C=O) groups is 1. The fourth-order valence-electron chi connectivity index (χ4n) is 1.99. The molecule has 7 heteroatoms. The van der Waals surface area contributed by atoms with Gasteiger partial charge in [0.25, 0.3) is 0 Å². The van der Waals surface area contributed by atoms with Gasteiger partial charge in [-0.15, -0.1) is 0 Å². The van der Waals surface area contributed by atoms with Crippen molar-refractivity contribution in [3.05, 3.63) is 60.1 Å². The number of furan rings is 1. The maximum absolute atomic E-state index is 12.1. The molecule has 2 rings (SSSR count). The van der Waals surface area contributed by atoms with Crippen LogP contribution in [0.25, 0.3) is 6.08 Å². The fourth-order valence-corrected chi connectivity index (χ4v) is 3.31. The van der Waals surface area contributed by atoms with Crippen molar-refractivity contribution >= 4 is 22.0 Å². The quantitative estimate of drug-likeness (QED) is 0.752. The lowest BCUT2D eigenvalue weighted by molar-refractivity contribution is -0.116. The van der Waals surface area contributed by atoms with Gasteiger partial charge in [0.05, 0.1) is 11.2 Å². The Hall–Kier alpha value is -2.38. The number of hydrogen-bond acceptors (Lipinski definition) is 4. The lowest BCUT2D eigenvalue weighted by Crippen LogP contribution is -2.30. The summed E-state index contributed by atoms with van der Waals surface area (Å²) in [4.78, 5) is 11.9. The lowest BCUT2D eigenvalue weighted by Gasteiger charge is -2.10. The molecule has 1 heterocycles. The molecule has 0 bridgehead atoms. The molecule has 0 saturated heterocycles. The number of nitrogens with one attached hydrogen (secondary N) is 2. The molecular formula is C17H20N2O4S. The third-order valence-corrected chi connectivity index (χ3v) is 4.66. The smallest absolute Gasteiger partial charge is 0.244 e. The average molecular weight is 348 g/mol. The first-order valence-electron chi connectivity index (χ1n) is 7.47. The minimum absolute atomic E-state index is 0.175. The second kappa shape index (κ2) is 7.94. The molecule has 0 aliphatic rings. The Bertz CT molecular complexity index is 809. The van der Waals surface area contributed by atoms with Crippen LogP contribution >= 0.6 is 0 Å². The Balaban J connectivity index is 1.98. The summed E-state index contributed by atoms with van der Waals surface area (Å²) >= 11 is 0. The summed E-state index contributed by atoms with van der Waals surface area (Å²) < 4.78 is 31.9. The molecule has 0 fully saturated rings. The zero-order valence-electron chi connectivity index (χ0n) is 13.5. The molecule has 24 heavy (non-hydrogen) atoms. The molecular weight excluding hydrogens is 328 g/mol. The van der Waals surface area contributed by atoms with Gasteiger partial charge in [-0.2, -0.15) is 0 Å². The van der Waals surface area contributed by atoms with Crippen molar-refractivity contribution in [2.45, 2.75) is 31.3 Å². The number of sulfonamides is 1. The van der Waals surface area contributed by atoms with Crippen LogP contribution in [0.4, 0.5) is 0 Å². The summed E-state index contributed by atoms with van der Waals surface area (Å²) in [6.07, 6.45) is 4.44. The lowest BCUT2D eigenvalue weighted by atomic mass is 10.2. The highest BCUT2D eigenvalue weighted by molar-refractivity contribution is 7.89. The maximum Gasteiger partial charge on any atom is 0.244 e. The Labute approximate surface area is 141 Å². The minimum Gasteiger partial charge on any atom is -0.465 e. The predicted molar refractivity (Wildman–Crippen MR) is 91.5 cm³/mol. The summed E-state index contributed by atoms with van der Waals surface area (Å²) in [5.74, 6) is 0.290. The third kappa shape index (κ3) is 5.36. The van der Waals surface area contributed by atoms with Crippen LogP contribution in [0.3, 0.4) is 0 Å². The van der Waals surface area contributed by atoms with Crippen molar-refractivity contribution in [3.8, 4) is 0 Å². The molecule has 1 aromatic heterocycles. The Morgan fingerprint density at radius 1 is 1.25 bits per heavy atom. The molecule has 1 aromatic carbocycles. The summed E-state index contributed by atoms with van der Waals surface area (Å²) in [7, 11) is -3.55. The van der Waals surface area contributed by atoms with Gasteiger partial charge in [0.1, 0.15) is 5.76 Å². The number of benzene rings is 1. The number of rotatable bonds is 7. The molecule has 0 saturated carbocycles. The largest absolute Gasteiger partial charge is 0.465 e. The summed E-state index contributed by atoms with van der Waals surface area (Å²) in [6, 6.07) is 9.74. The summed E-state index contributed by atoms with van der Waals surface area (Å²) in [5.41, 5.74) is 0.696. The second-order valence-electron chi connectivity index (χ2n) is 5.49. The van der Waals surface area contributed by atoms with Crippen LogP contribution in [0, 0.1) is 0 Å². The van der Waals surface area contributed by atoms with Crippen LogP contribution in [0.1, 0.15) is 25.2 Å². The van der Waals surface area contributed by atoms with Crippen molar-refractivity contribution in [3.63, 3.8) is 0 Å². The molecule has 2 N–H and O–H groups in total. The maximum atomic E-state index is 12.1. The zero-order chi connectivity index (χ0) is 17.6. The monoisotopic (exact) mass is 348 g/mol. The van der Waals surface area contributed by atoms with E-state index >= 15 is 0 Å². The van der Waals surface area contributed by atoms with E-state index < -0.39 is 10.0 Å². The van der Waals surface area contributed by atoms with Gasteiger partial charge in [-0.25, -0.2) is 13.1 Å². The van der Waals surface area contributed by atoms with Crippen LogP contribution in [-0.2, 0) is 21.4 Å². The van der Waals surface area contributed by atoms with Gasteiger partial charge in [0, 0.05) is 18.7 Å². The first kappa shape index (κ1) is 18.0. The van der Waals surface area contributed by atoms with Crippen molar-refractivity contribution in [1.82, 2.24) is 10.0 Å². The van der Waals surface area contributed by atoms with E-state index in [9.17, 15) is 13.2 Å². The third-order valence-electron chi connectivity index (χ3n) is 3.01. The zero-order valence-corrected chi connectivity index (χ0v) is 14.3. The SMILES string of the molecule is CC(C)NS(=O)(=O)c1cccc(CNC(=O)C=Cc2ccco2)c1. The topological polar surface area (TPSA) is 88.4 Å². The summed E-state index contributed by atoms with van der Waals surface area (Å²) in [5, 5.41) is 2.70. The highest BCUT2D eigenvalue weighted by Gasteiger charge is 2.15. The fraction of sp³-hybridized carbons (Fsp3) is 0.235. The van der Waals surface area contributed by atoms with Gasteiger partial charge in [-0.05, 0) is 49.8 Å². The van der Waals surface area contributed by atoms with Gasteiger partial charge >= 0.3 is 0 Å². The van der Waals surface area contributed by atoms with Crippen LogP contribution in [-0.4, -0.2) is 20.4 Å². The first-order valence-corrected chi connectivity index (χ1v) is 8.96. The molecule has 6 nitrogen and oxygen atoms in total. The normalized spacial score (nSPS) is 12.0. The van der Waals surface area contributed by atoms with Crippen molar-refractivity contribution in [2.75, 3.05) is 0 Å². The van der Waals surface area contributed by atoms with E-state index in [4.69, 9.17) is 4.42 Å². The van der Waals surface area contributed by atoms with Crippen LogP contribution in [0.5, 0.6) is 0 Å². The molecule has 0 unspecified atom stereocenters. The first-order chi connectivity index (χ1) is 11.4. The van der Waals surface area contributed by atoms with E-state index in [1.165, 1.54) is 18.4 Å².